The van der Waals surface area contributed by atoms with Crippen LogP contribution in [0.1, 0.15) is 27.8 Å². The number of carbonyl (C=O) groups excluding carboxylic acids is 1. The molecule has 0 aliphatic rings. The summed E-state index contributed by atoms with van der Waals surface area (Å²) in [6.07, 6.45) is 3.75. The Balaban J connectivity index is 1.44. The van der Waals surface area contributed by atoms with Gasteiger partial charge in [0.1, 0.15) is 12.2 Å². The molecular weight excluding hydrogens is 530 g/mol. The van der Waals surface area contributed by atoms with Crippen LogP contribution in [0.3, 0.4) is 0 Å². The molecule has 0 saturated heterocycles. The number of fused-ring (bicyclic) bond motifs is 1. The molecule has 3 heterocycles. The molecule has 0 spiro atoms. The SMILES string of the molecule is COC(=O)c1ccc2nc(C(Cc3ccccc3)n3ccc(-c4cc(Cl)ccc4-n4cnnn4)cc3=O)[nH]c2c1. The van der Waals surface area contributed by atoms with Gasteiger partial charge >= 0.3 is 5.97 Å². The lowest BCUT2D eigenvalue weighted by Gasteiger charge is -2.19. The summed E-state index contributed by atoms with van der Waals surface area (Å²) < 4.78 is 8.02. The summed E-state index contributed by atoms with van der Waals surface area (Å²) >= 11 is 6.31. The first-order valence-corrected chi connectivity index (χ1v) is 12.8. The number of halogens is 1. The van der Waals surface area contributed by atoms with Gasteiger partial charge in [0.15, 0.2) is 0 Å². The molecule has 6 aromatic rings. The lowest BCUT2D eigenvalue weighted by Crippen LogP contribution is -2.27. The number of hydrogen-bond donors (Lipinski definition) is 1. The van der Waals surface area contributed by atoms with Crippen molar-refractivity contribution in [2.24, 2.45) is 0 Å². The molecule has 6 rings (SSSR count). The van der Waals surface area contributed by atoms with Gasteiger partial charge in [-0.25, -0.2) is 9.78 Å². The average molecular weight is 552 g/mol. The molecule has 198 valence electrons. The zero-order valence-electron chi connectivity index (χ0n) is 21.2. The summed E-state index contributed by atoms with van der Waals surface area (Å²) in [6, 6.07) is 23.3. The smallest absolute Gasteiger partial charge is 0.337 e. The number of nitrogens with one attached hydrogen (secondary N) is 1. The van der Waals surface area contributed by atoms with Crippen molar-refractivity contribution in [2.45, 2.75) is 12.5 Å². The number of methoxy groups -OCH3 is 1. The fourth-order valence-electron chi connectivity index (χ4n) is 4.72. The van der Waals surface area contributed by atoms with Gasteiger partial charge in [-0.05, 0) is 64.0 Å². The number of imidazole rings is 1. The van der Waals surface area contributed by atoms with Gasteiger partial charge < -0.3 is 14.3 Å². The predicted molar refractivity (Wildman–Crippen MR) is 150 cm³/mol. The Hall–Kier alpha value is -5.09. The molecule has 1 N–H and O–H groups in total. The summed E-state index contributed by atoms with van der Waals surface area (Å²) in [5, 5.41) is 11.9. The first kappa shape index (κ1) is 25.2. The van der Waals surface area contributed by atoms with E-state index < -0.39 is 12.0 Å². The molecule has 1 unspecified atom stereocenters. The van der Waals surface area contributed by atoms with Gasteiger partial charge in [-0.15, -0.1) is 5.10 Å². The van der Waals surface area contributed by atoms with E-state index in [2.05, 4.69) is 20.5 Å². The van der Waals surface area contributed by atoms with Crippen LogP contribution < -0.4 is 5.56 Å². The molecule has 0 saturated carbocycles. The van der Waals surface area contributed by atoms with Gasteiger partial charge in [0.2, 0.25) is 0 Å². The minimum atomic E-state index is -0.448. The third kappa shape index (κ3) is 4.87. The summed E-state index contributed by atoms with van der Waals surface area (Å²) in [6.45, 7) is 0. The van der Waals surface area contributed by atoms with Gasteiger partial charge in [-0.3, -0.25) is 4.79 Å². The molecule has 3 aromatic carbocycles. The van der Waals surface area contributed by atoms with Crippen molar-refractivity contribution < 1.29 is 9.53 Å². The molecular formula is C29H22ClN7O3. The number of aromatic nitrogens is 7. The van der Waals surface area contributed by atoms with E-state index in [1.165, 1.54) is 18.1 Å². The minimum absolute atomic E-state index is 0.225. The first-order chi connectivity index (χ1) is 19.5. The highest BCUT2D eigenvalue weighted by Crippen LogP contribution is 2.30. The molecule has 10 nitrogen and oxygen atoms in total. The van der Waals surface area contributed by atoms with E-state index in [1.54, 1.807) is 53.2 Å². The summed E-state index contributed by atoms with van der Waals surface area (Å²) in [7, 11) is 1.34. The number of H-pyrrole nitrogens is 1. The minimum Gasteiger partial charge on any atom is -0.465 e. The Morgan fingerprint density at radius 2 is 1.90 bits per heavy atom. The zero-order valence-corrected chi connectivity index (χ0v) is 22.0. The lowest BCUT2D eigenvalue weighted by atomic mass is 10.0. The summed E-state index contributed by atoms with van der Waals surface area (Å²) in [5.74, 6) is 0.153. The van der Waals surface area contributed by atoms with E-state index >= 15 is 0 Å². The Bertz CT molecular complexity index is 1880. The maximum Gasteiger partial charge on any atom is 0.337 e. The standard InChI is InChI=1S/C29H22ClN7O3/c1-40-29(39)20-7-9-23-24(14-20)33-28(32-23)26(13-18-5-3-2-4-6-18)36-12-11-19(15-27(36)38)22-16-21(30)8-10-25(22)37-17-31-34-35-37/h2-12,14-17,26H,13H2,1H3,(H,32,33). The Morgan fingerprint density at radius 3 is 2.65 bits per heavy atom. The highest BCUT2D eigenvalue weighted by Gasteiger charge is 2.21. The van der Waals surface area contributed by atoms with Gasteiger partial charge in [-0.1, -0.05) is 41.9 Å². The van der Waals surface area contributed by atoms with E-state index in [9.17, 15) is 9.59 Å². The highest BCUT2D eigenvalue weighted by atomic mass is 35.5. The van der Waals surface area contributed by atoms with Gasteiger partial charge in [0, 0.05) is 29.3 Å². The van der Waals surface area contributed by atoms with Crippen LogP contribution in [0.4, 0.5) is 0 Å². The monoisotopic (exact) mass is 551 g/mol. The number of aromatic amines is 1. The van der Waals surface area contributed by atoms with E-state index in [0.717, 1.165) is 5.56 Å². The van der Waals surface area contributed by atoms with Crippen molar-refractivity contribution in [1.29, 1.82) is 0 Å². The van der Waals surface area contributed by atoms with E-state index in [4.69, 9.17) is 21.3 Å². The maximum atomic E-state index is 13.7. The molecule has 1 atom stereocenters. The quantitative estimate of drug-likeness (QED) is 0.287. The molecule has 3 aromatic heterocycles. The fourth-order valence-corrected chi connectivity index (χ4v) is 4.89. The number of hydrogen-bond acceptors (Lipinski definition) is 7. The second kappa shape index (κ2) is 10.6. The van der Waals surface area contributed by atoms with Crippen molar-refractivity contribution in [3.63, 3.8) is 0 Å². The first-order valence-electron chi connectivity index (χ1n) is 12.4. The van der Waals surface area contributed by atoms with Crippen LogP contribution in [-0.4, -0.2) is 47.8 Å². The van der Waals surface area contributed by atoms with E-state index in [1.807, 2.05) is 36.4 Å². The van der Waals surface area contributed by atoms with E-state index in [-0.39, 0.29) is 5.56 Å². The number of benzene rings is 3. The molecule has 0 aliphatic carbocycles. The number of rotatable bonds is 7. The van der Waals surface area contributed by atoms with Crippen molar-refractivity contribution in [2.75, 3.05) is 7.11 Å². The Kier molecular flexibility index (Phi) is 6.67. The topological polar surface area (TPSA) is 121 Å². The third-order valence-electron chi connectivity index (χ3n) is 6.66. The van der Waals surface area contributed by atoms with Gasteiger partial charge in [0.25, 0.3) is 5.56 Å². The van der Waals surface area contributed by atoms with Crippen LogP contribution >= 0.6 is 11.6 Å². The van der Waals surface area contributed by atoms with Crippen molar-refractivity contribution in [3.8, 4) is 16.8 Å². The van der Waals surface area contributed by atoms with Gasteiger partial charge in [0.05, 0.1) is 35.4 Å². The second-order valence-corrected chi connectivity index (χ2v) is 9.56. The van der Waals surface area contributed by atoms with Gasteiger partial charge in [-0.2, -0.15) is 4.68 Å². The molecule has 40 heavy (non-hydrogen) atoms. The number of carbonyl (C=O) groups is 1. The molecule has 0 fully saturated rings. The van der Waals surface area contributed by atoms with Crippen LogP contribution in [0.5, 0.6) is 0 Å². The third-order valence-corrected chi connectivity index (χ3v) is 6.89. The van der Waals surface area contributed by atoms with Crippen LogP contribution in [0.25, 0.3) is 27.8 Å². The number of ether oxygens (including phenoxy) is 1. The highest BCUT2D eigenvalue weighted by molar-refractivity contribution is 6.31. The predicted octanol–water partition coefficient (Wildman–Crippen LogP) is 4.64. The maximum absolute atomic E-state index is 13.7. The molecule has 0 amide bonds. The van der Waals surface area contributed by atoms with Crippen molar-refractivity contribution >= 4 is 28.6 Å². The lowest BCUT2D eigenvalue weighted by molar-refractivity contribution is 0.0601. The number of esters is 1. The van der Waals surface area contributed by atoms with Crippen LogP contribution in [0, 0.1) is 0 Å². The fraction of sp³-hybridized carbons (Fsp3) is 0.103. The van der Waals surface area contributed by atoms with Crippen LogP contribution in [0.15, 0.2) is 96.2 Å². The number of nitrogens with zero attached hydrogens (tertiary/aromatic N) is 6. The molecule has 0 aliphatic heterocycles. The molecule has 0 bridgehead atoms. The average Bonchev–Trinajstić information content (AvgIpc) is 3.66. The second-order valence-electron chi connectivity index (χ2n) is 9.13. The number of pyridine rings is 1. The Morgan fingerprint density at radius 1 is 1.05 bits per heavy atom. The largest absolute Gasteiger partial charge is 0.465 e. The van der Waals surface area contributed by atoms with Crippen molar-refractivity contribution in [1.82, 2.24) is 34.7 Å². The molecule has 0 radical (unpaired) electrons. The molecule has 11 heteroatoms. The normalized spacial score (nSPS) is 11.9. The van der Waals surface area contributed by atoms with E-state index in [0.29, 0.717) is 50.7 Å². The number of tetrazole rings is 1. The van der Waals surface area contributed by atoms with Crippen molar-refractivity contribution in [3.05, 3.63) is 124 Å². The summed E-state index contributed by atoms with van der Waals surface area (Å²) in [5.41, 5.74) is 4.63. The zero-order chi connectivity index (χ0) is 27.6. The van der Waals surface area contributed by atoms with Crippen LogP contribution in [-0.2, 0) is 11.2 Å². The Labute approximate surface area is 232 Å². The van der Waals surface area contributed by atoms with Crippen LogP contribution in [0.2, 0.25) is 5.02 Å². The summed E-state index contributed by atoms with van der Waals surface area (Å²) in [4.78, 5) is 33.8.